The van der Waals surface area contributed by atoms with Crippen LogP contribution in [0.15, 0.2) is 29.4 Å². The molecule has 2 aliphatic heterocycles. The maximum atomic E-state index is 11.7. The Kier molecular flexibility index (Phi) is 3.10. The lowest BCUT2D eigenvalue weighted by atomic mass is 9.73. The van der Waals surface area contributed by atoms with Crippen molar-refractivity contribution < 1.29 is 19.8 Å². The molecular weight excluding hydrogens is 260 g/mol. The molecule has 106 valence electrons. The number of carboxylic acid groups (broad SMARTS) is 1. The van der Waals surface area contributed by atoms with Gasteiger partial charge in [-0.3, -0.25) is 4.79 Å². The summed E-state index contributed by atoms with van der Waals surface area (Å²) in [5.74, 6) is -1.39. The SMILES string of the molecule is O=C(O)C1/C(=N\O)c2ccccc2OC12CCNCC2. The summed E-state index contributed by atoms with van der Waals surface area (Å²) >= 11 is 0. The van der Waals surface area contributed by atoms with Gasteiger partial charge in [0.2, 0.25) is 0 Å². The van der Waals surface area contributed by atoms with Crippen molar-refractivity contribution in [3.8, 4) is 5.75 Å². The van der Waals surface area contributed by atoms with Gasteiger partial charge in [0.25, 0.3) is 0 Å². The highest BCUT2D eigenvalue weighted by molar-refractivity contribution is 6.14. The molecule has 6 nitrogen and oxygen atoms in total. The van der Waals surface area contributed by atoms with Crippen molar-refractivity contribution in [3.05, 3.63) is 29.8 Å². The van der Waals surface area contributed by atoms with Crippen LogP contribution in [0.3, 0.4) is 0 Å². The van der Waals surface area contributed by atoms with Gasteiger partial charge >= 0.3 is 5.97 Å². The zero-order chi connectivity index (χ0) is 14.2. The topological polar surface area (TPSA) is 91.2 Å². The van der Waals surface area contributed by atoms with Crippen molar-refractivity contribution in [1.29, 1.82) is 0 Å². The Bertz CT molecular complexity index is 564. The Hall–Kier alpha value is -2.08. The number of carbonyl (C=O) groups is 1. The smallest absolute Gasteiger partial charge is 0.316 e. The molecule has 1 saturated heterocycles. The van der Waals surface area contributed by atoms with Gasteiger partial charge in [-0.15, -0.1) is 0 Å². The lowest BCUT2D eigenvalue weighted by molar-refractivity contribution is -0.147. The third-order valence-electron chi connectivity index (χ3n) is 4.08. The van der Waals surface area contributed by atoms with Crippen LogP contribution in [0.2, 0.25) is 0 Å². The molecule has 3 rings (SSSR count). The Morgan fingerprint density at radius 3 is 2.70 bits per heavy atom. The number of benzene rings is 1. The molecule has 2 aliphatic rings. The van der Waals surface area contributed by atoms with E-state index >= 15 is 0 Å². The third-order valence-corrected chi connectivity index (χ3v) is 4.08. The van der Waals surface area contributed by atoms with Crippen LogP contribution in [0.5, 0.6) is 5.75 Å². The lowest BCUT2D eigenvalue weighted by Crippen LogP contribution is -2.58. The first-order valence-electron chi connectivity index (χ1n) is 6.62. The van der Waals surface area contributed by atoms with E-state index in [0.717, 1.165) is 0 Å². The number of para-hydroxylation sites is 1. The van der Waals surface area contributed by atoms with E-state index in [1.807, 2.05) is 6.07 Å². The van der Waals surface area contributed by atoms with E-state index in [9.17, 15) is 15.1 Å². The zero-order valence-electron chi connectivity index (χ0n) is 10.9. The van der Waals surface area contributed by atoms with Crippen LogP contribution in [0.1, 0.15) is 18.4 Å². The molecule has 0 amide bonds. The average molecular weight is 276 g/mol. The highest BCUT2D eigenvalue weighted by atomic mass is 16.5. The van der Waals surface area contributed by atoms with Crippen molar-refractivity contribution in [2.75, 3.05) is 13.1 Å². The van der Waals surface area contributed by atoms with Crippen LogP contribution >= 0.6 is 0 Å². The van der Waals surface area contributed by atoms with Crippen molar-refractivity contribution >= 4 is 11.7 Å². The number of nitrogens with zero attached hydrogens (tertiary/aromatic N) is 1. The van der Waals surface area contributed by atoms with E-state index in [1.54, 1.807) is 18.2 Å². The lowest BCUT2D eigenvalue weighted by Gasteiger charge is -2.45. The third kappa shape index (κ3) is 1.84. The molecule has 6 heteroatoms. The standard InChI is InChI=1S/C14H16N2O4/c17-13(18)11-12(16-19)9-3-1-2-4-10(9)20-14(11)5-7-15-8-6-14/h1-4,11,15,19H,5-8H2,(H,17,18)/b16-12-. The van der Waals surface area contributed by atoms with Crippen LogP contribution in [0, 0.1) is 5.92 Å². The first kappa shape index (κ1) is 12.9. The molecule has 1 atom stereocenters. The fraction of sp³-hybridized carbons (Fsp3) is 0.429. The number of oxime groups is 1. The predicted molar refractivity (Wildman–Crippen MR) is 71.4 cm³/mol. The Balaban J connectivity index is 2.15. The molecule has 1 unspecified atom stereocenters. The second kappa shape index (κ2) is 4.79. The van der Waals surface area contributed by atoms with Gasteiger partial charge < -0.3 is 20.4 Å². The van der Waals surface area contributed by atoms with Gasteiger partial charge in [0, 0.05) is 18.4 Å². The van der Waals surface area contributed by atoms with Gasteiger partial charge in [0.1, 0.15) is 23.0 Å². The zero-order valence-corrected chi connectivity index (χ0v) is 10.9. The van der Waals surface area contributed by atoms with Crippen molar-refractivity contribution in [2.45, 2.75) is 18.4 Å². The molecule has 0 saturated carbocycles. The van der Waals surface area contributed by atoms with Crippen molar-refractivity contribution in [1.82, 2.24) is 5.32 Å². The van der Waals surface area contributed by atoms with E-state index in [1.165, 1.54) is 0 Å². The van der Waals surface area contributed by atoms with E-state index in [-0.39, 0.29) is 5.71 Å². The van der Waals surface area contributed by atoms with Gasteiger partial charge in [-0.2, -0.15) is 0 Å². The molecule has 1 fully saturated rings. The van der Waals surface area contributed by atoms with Gasteiger partial charge in [0.05, 0.1) is 0 Å². The summed E-state index contributed by atoms with van der Waals surface area (Å²) in [6.07, 6.45) is 1.13. The second-order valence-electron chi connectivity index (χ2n) is 5.17. The van der Waals surface area contributed by atoms with Gasteiger partial charge in [-0.1, -0.05) is 17.3 Å². The monoisotopic (exact) mass is 276 g/mol. The quantitative estimate of drug-likeness (QED) is 0.527. The second-order valence-corrected chi connectivity index (χ2v) is 5.17. The number of hydrogen-bond donors (Lipinski definition) is 3. The maximum Gasteiger partial charge on any atom is 0.316 e. The summed E-state index contributed by atoms with van der Waals surface area (Å²) in [6, 6.07) is 7.09. The summed E-state index contributed by atoms with van der Waals surface area (Å²) in [7, 11) is 0. The van der Waals surface area contributed by atoms with Gasteiger partial charge in [-0.05, 0) is 25.2 Å². The first-order valence-corrected chi connectivity index (χ1v) is 6.62. The first-order chi connectivity index (χ1) is 9.68. The normalized spacial score (nSPS) is 26.0. The maximum absolute atomic E-state index is 11.7. The molecule has 0 bridgehead atoms. The highest BCUT2D eigenvalue weighted by Crippen LogP contribution is 2.42. The number of hydrogen-bond acceptors (Lipinski definition) is 5. The summed E-state index contributed by atoms with van der Waals surface area (Å²) < 4.78 is 6.05. The Labute approximate surface area is 116 Å². The minimum atomic E-state index is -1.02. The summed E-state index contributed by atoms with van der Waals surface area (Å²) in [5.41, 5.74) is -0.111. The number of aliphatic carboxylic acids is 1. The number of fused-ring (bicyclic) bond motifs is 1. The van der Waals surface area contributed by atoms with E-state index in [4.69, 9.17) is 4.74 Å². The number of ether oxygens (including phenoxy) is 1. The number of rotatable bonds is 1. The van der Waals surface area contributed by atoms with Gasteiger partial charge in [0.15, 0.2) is 0 Å². The molecular formula is C14H16N2O4. The molecule has 0 aliphatic carbocycles. The van der Waals surface area contributed by atoms with Crippen molar-refractivity contribution in [2.24, 2.45) is 11.1 Å². The van der Waals surface area contributed by atoms with E-state index in [2.05, 4.69) is 10.5 Å². The van der Waals surface area contributed by atoms with Gasteiger partial charge in [-0.25, -0.2) is 0 Å². The number of piperidine rings is 1. The van der Waals surface area contributed by atoms with Crippen LogP contribution < -0.4 is 10.1 Å². The fourth-order valence-electron chi connectivity index (χ4n) is 3.14. The highest BCUT2D eigenvalue weighted by Gasteiger charge is 2.53. The van der Waals surface area contributed by atoms with Crippen LogP contribution in [0.25, 0.3) is 0 Å². The summed E-state index contributed by atoms with van der Waals surface area (Å²) in [5, 5.41) is 25.4. The Morgan fingerprint density at radius 2 is 2.05 bits per heavy atom. The molecule has 1 aromatic rings. The number of nitrogens with one attached hydrogen (secondary N) is 1. The fourth-order valence-corrected chi connectivity index (χ4v) is 3.14. The molecule has 0 aromatic heterocycles. The van der Waals surface area contributed by atoms with Crippen LogP contribution in [-0.2, 0) is 4.79 Å². The summed E-state index contributed by atoms with van der Waals surface area (Å²) in [4.78, 5) is 11.7. The molecule has 20 heavy (non-hydrogen) atoms. The Morgan fingerprint density at radius 1 is 1.35 bits per heavy atom. The number of carboxylic acids is 1. The van der Waals surface area contributed by atoms with Crippen LogP contribution in [0.4, 0.5) is 0 Å². The largest absolute Gasteiger partial charge is 0.485 e. The minimum absolute atomic E-state index is 0.182. The average Bonchev–Trinajstić information content (AvgIpc) is 2.46. The van der Waals surface area contributed by atoms with E-state index < -0.39 is 17.5 Å². The minimum Gasteiger partial charge on any atom is -0.485 e. The molecule has 1 aromatic carbocycles. The van der Waals surface area contributed by atoms with Crippen LogP contribution in [-0.4, -0.2) is 40.7 Å². The predicted octanol–water partition coefficient (Wildman–Crippen LogP) is 1.08. The van der Waals surface area contributed by atoms with Crippen molar-refractivity contribution in [3.63, 3.8) is 0 Å². The molecule has 3 N–H and O–H groups in total. The molecule has 1 spiro atoms. The molecule has 0 radical (unpaired) electrons. The van der Waals surface area contributed by atoms with E-state index in [0.29, 0.717) is 37.2 Å². The summed E-state index contributed by atoms with van der Waals surface area (Å²) in [6.45, 7) is 1.37. The molecule has 2 heterocycles.